The summed E-state index contributed by atoms with van der Waals surface area (Å²) >= 11 is 0. The first-order valence-corrected chi connectivity index (χ1v) is 3.20. The van der Waals surface area contributed by atoms with E-state index in [4.69, 9.17) is 5.73 Å². The maximum absolute atomic E-state index is 10.5. The lowest BCUT2D eigenvalue weighted by Crippen LogP contribution is -2.16. The Kier molecular flexibility index (Phi) is 0.672. The minimum Gasteiger partial charge on any atom is -0.366 e. The largest absolute Gasteiger partial charge is 0.366 e. The second kappa shape index (κ2) is 1.20. The Morgan fingerprint density at radius 2 is 2.11 bits per heavy atom. The van der Waals surface area contributed by atoms with E-state index < -0.39 is 0 Å². The van der Waals surface area contributed by atoms with Crippen molar-refractivity contribution in [3.8, 4) is 0 Å². The summed E-state index contributed by atoms with van der Waals surface area (Å²) in [5, 5.41) is 0. The monoisotopic (exact) mass is 123 g/mol. The van der Waals surface area contributed by atoms with Crippen molar-refractivity contribution in [1.82, 2.24) is 0 Å². The van der Waals surface area contributed by atoms with Crippen molar-refractivity contribution in [2.45, 2.75) is 6.42 Å². The summed E-state index contributed by atoms with van der Waals surface area (Å²) in [7, 11) is 0. The van der Waals surface area contributed by atoms with Gasteiger partial charge in [-0.15, -0.1) is 0 Å². The molecule has 48 valence electrons. The maximum atomic E-state index is 10.5. The fourth-order valence-electron chi connectivity index (χ4n) is 1.46. The minimum atomic E-state index is -0.313. The second-order valence-corrected chi connectivity index (χ2v) is 2.98. The number of carbonyl (C=O) groups is 1. The van der Waals surface area contributed by atoms with Crippen LogP contribution in [0.15, 0.2) is 12.2 Å². The molecule has 1 amide bonds. The van der Waals surface area contributed by atoms with E-state index in [0.29, 0.717) is 11.5 Å². The normalized spacial score (nSPS) is 43.3. The van der Waals surface area contributed by atoms with Gasteiger partial charge in [-0.2, -0.15) is 0 Å². The van der Waals surface area contributed by atoms with E-state index in [9.17, 15) is 4.79 Å². The predicted octanol–water partition coefficient (Wildman–Crippen LogP) is 0.294. The van der Waals surface area contributed by atoms with Crippen molar-refractivity contribution in [2.75, 3.05) is 0 Å². The van der Waals surface area contributed by atoms with Crippen LogP contribution in [0.4, 0.5) is 0 Å². The van der Waals surface area contributed by atoms with Gasteiger partial charge in [0.05, 0.1) is 0 Å². The number of rotatable bonds is 2. The Hall–Kier alpha value is -0.790. The molecule has 0 spiro atoms. The molecular weight excluding hydrogens is 114 g/mol. The Balaban J connectivity index is 1.99. The number of hydrogen-bond donors (Lipinski definition) is 1. The Labute approximate surface area is 53.7 Å². The van der Waals surface area contributed by atoms with E-state index in [1.807, 2.05) is 0 Å². The van der Waals surface area contributed by atoms with E-state index in [-0.39, 0.29) is 5.91 Å². The molecule has 2 aliphatic carbocycles. The summed E-state index contributed by atoms with van der Waals surface area (Å²) in [4.78, 5) is 10.5. The Morgan fingerprint density at radius 3 is 2.22 bits per heavy atom. The molecule has 2 heteroatoms. The van der Waals surface area contributed by atoms with Crippen molar-refractivity contribution in [3.63, 3.8) is 0 Å². The van der Waals surface area contributed by atoms with Gasteiger partial charge in [-0.05, 0) is 24.2 Å². The maximum Gasteiger partial charge on any atom is 0.244 e. The Bertz CT molecular complexity index is 189. The predicted molar refractivity (Wildman–Crippen MR) is 33.4 cm³/mol. The molecule has 0 heterocycles. The van der Waals surface area contributed by atoms with Crippen LogP contribution in [0.1, 0.15) is 6.42 Å². The van der Waals surface area contributed by atoms with Gasteiger partial charge in [0.25, 0.3) is 0 Å². The molecule has 0 aromatic heterocycles. The summed E-state index contributed by atoms with van der Waals surface area (Å²) in [5.74, 6) is 1.77. The first-order valence-electron chi connectivity index (χ1n) is 3.20. The highest BCUT2D eigenvalue weighted by molar-refractivity contribution is 5.92. The van der Waals surface area contributed by atoms with Crippen molar-refractivity contribution in [3.05, 3.63) is 12.2 Å². The van der Waals surface area contributed by atoms with Crippen molar-refractivity contribution < 1.29 is 4.79 Å². The lowest BCUT2D eigenvalue weighted by Gasteiger charge is -2.01. The highest BCUT2D eigenvalue weighted by atomic mass is 16.1. The van der Waals surface area contributed by atoms with Crippen LogP contribution in [0.2, 0.25) is 0 Å². The molecule has 2 fully saturated rings. The topological polar surface area (TPSA) is 43.1 Å². The third-order valence-electron chi connectivity index (χ3n) is 2.39. The summed E-state index contributed by atoms with van der Waals surface area (Å²) < 4.78 is 0. The fourth-order valence-corrected chi connectivity index (χ4v) is 1.46. The van der Waals surface area contributed by atoms with E-state index in [1.165, 1.54) is 6.42 Å². The summed E-state index contributed by atoms with van der Waals surface area (Å²) in [5.41, 5.74) is 5.67. The van der Waals surface area contributed by atoms with Gasteiger partial charge in [-0.1, -0.05) is 6.58 Å². The smallest absolute Gasteiger partial charge is 0.244 e. The lowest BCUT2D eigenvalue weighted by atomic mass is 10.1. The molecule has 0 aromatic rings. The number of nitrogens with two attached hydrogens (primary N) is 1. The molecule has 9 heavy (non-hydrogen) atoms. The number of primary amides is 1. The fraction of sp³-hybridized carbons (Fsp3) is 0.571. The van der Waals surface area contributed by atoms with Gasteiger partial charge in [-0.3, -0.25) is 4.79 Å². The second-order valence-electron chi connectivity index (χ2n) is 2.98. The van der Waals surface area contributed by atoms with Crippen LogP contribution < -0.4 is 5.73 Å². The molecule has 2 atom stereocenters. The molecule has 0 bridgehead atoms. The Morgan fingerprint density at radius 1 is 1.56 bits per heavy atom. The van der Waals surface area contributed by atoms with Gasteiger partial charge < -0.3 is 5.73 Å². The quantitative estimate of drug-likeness (QED) is 0.527. The third-order valence-corrected chi connectivity index (χ3v) is 2.39. The molecule has 2 saturated carbocycles. The van der Waals surface area contributed by atoms with Crippen LogP contribution in [-0.4, -0.2) is 5.91 Å². The SMILES string of the molecule is C=C(C(N)=O)C1C2CC21. The van der Waals surface area contributed by atoms with Gasteiger partial charge in [0.1, 0.15) is 0 Å². The van der Waals surface area contributed by atoms with Gasteiger partial charge >= 0.3 is 0 Å². The molecule has 2 aliphatic rings. The number of hydrogen-bond acceptors (Lipinski definition) is 1. The number of carbonyl (C=O) groups excluding carboxylic acids is 1. The van der Waals surface area contributed by atoms with Gasteiger partial charge in [0, 0.05) is 5.57 Å². The molecule has 0 saturated heterocycles. The number of fused-ring (bicyclic) bond motifs is 1. The lowest BCUT2D eigenvalue weighted by molar-refractivity contribution is -0.114. The minimum absolute atomic E-state index is 0.313. The summed E-state index contributed by atoms with van der Waals surface area (Å²) in [6.07, 6.45) is 1.30. The van der Waals surface area contributed by atoms with Crippen molar-refractivity contribution in [2.24, 2.45) is 23.5 Å². The van der Waals surface area contributed by atoms with Crippen molar-refractivity contribution in [1.29, 1.82) is 0 Å². The molecule has 0 radical (unpaired) electrons. The van der Waals surface area contributed by atoms with E-state index in [1.54, 1.807) is 0 Å². The highest BCUT2D eigenvalue weighted by Gasteiger charge is 2.65. The van der Waals surface area contributed by atoms with E-state index in [2.05, 4.69) is 6.58 Å². The summed E-state index contributed by atoms with van der Waals surface area (Å²) in [6, 6.07) is 0. The molecule has 0 aliphatic heterocycles. The van der Waals surface area contributed by atoms with Crippen LogP contribution in [-0.2, 0) is 4.79 Å². The third kappa shape index (κ3) is 0.530. The molecular formula is C7H9NO. The highest BCUT2D eigenvalue weighted by Crippen LogP contribution is 2.70. The summed E-state index contributed by atoms with van der Waals surface area (Å²) in [6.45, 7) is 3.62. The first kappa shape index (κ1) is 5.03. The molecule has 2 unspecified atom stereocenters. The van der Waals surface area contributed by atoms with E-state index in [0.717, 1.165) is 11.8 Å². The first-order chi connectivity index (χ1) is 4.22. The van der Waals surface area contributed by atoms with Crippen LogP contribution in [0.3, 0.4) is 0 Å². The van der Waals surface area contributed by atoms with Gasteiger partial charge in [0.2, 0.25) is 5.91 Å². The van der Waals surface area contributed by atoms with Crippen LogP contribution >= 0.6 is 0 Å². The molecule has 2 N–H and O–H groups in total. The average molecular weight is 123 g/mol. The zero-order valence-electron chi connectivity index (χ0n) is 5.13. The van der Waals surface area contributed by atoms with Crippen LogP contribution in [0.25, 0.3) is 0 Å². The van der Waals surface area contributed by atoms with Crippen LogP contribution in [0.5, 0.6) is 0 Å². The standard InChI is InChI=1S/C7H9NO/c1-3(7(8)9)6-4-2-5(4)6/h4-6H,1-2H2,(H2,8,9). The van der Waals surface area contributed by atoms with Gasteiger partial charge in [-0.25, -0.2) is 0 Å². The van der Waals surface area contributed by atoms with Crippen molar-refractivity contribution >= 4 is 5.91 Å². The zero-order valence-corrected chi connectivity index (χ0v) is 5.13. The molecule has 0 aromatic carbocycles. The number of amides is 1. The van der Waals surface area contributed by atoms with Crippen LogP contribution in [0, 0.1) is 17.8 Å². The van der Waals surface area contributed by atoms with E-state index >= 15 is 0 Å². The van der Waals surface area contributed by atoms with Gasteiger partial charge in [0.15, 0.2) is 0 Å². The molecule has 2 nitrogen and oxygen atoms in total. The average Bonchev–Trinajstić information content (AvgIpc) is 2.46. The zero-order chi connectivity index (χ0) is 6.59. The molecule has 2 rings (SSSR count).